The van der Waals surface area contributed by atoms with Crippen molar-refractivity contribution in [2.24, 2.45) is 0 Å². The maximum Gasteiger partial charge on any atom is 0.402 e. The first kappa shape index (κ1) is 15.7. The summed E-state index contributed by atoms with van der Waals surface area (Å²) < 4.78 is 61.8. The summed E-state index contributed by atoms with van der Waals surface area (Å²) in [4.78, 5) is 0. The third kappa shape index (κ3) is 3.81. The van der Waals surface area contributed by atoms with E-state index in [0.717, 1.165) is 17.8 Å². The standard InChI is InChI=1S/C9H17F3N2O3S/c1-13(7-9(10,11)12)18(16,17)14-5-3-2-4-8(14)6-15/h8,15H,2-7H2,1H3. The molecule has 0 amide bonds. The van der Waals surface area contributed by atoms with Crippen molar-refractivity contribution in [3.63, 3.8) is 0 Å². The Labute approximate surface area is 104 Å². The Morgan fingerprint density at radius 2 is 2.00 bits per heavy atom. The topological polar surface area (TPSA) is 60.9 Å². The summed E-state index contributed by atoms with van der Waals surface area (Å²) in [5.41, 5.74) is 0. The van der Waals surface area contributed by atoms with Crippen LogP contribution in [0.5, 0.6) is 0 Å². The highest BCUT2D eigenvalue weighted by molar-refractivity contribution is 7.86. The average Bonchev–Trinajstić information content (AvgIpc) is 2.26. The molecule has 1 unspecified atom stereocenters. The summed E-state index contributed by atoms with van der Waals surface area (Å²) in [6.45, 7) is -1.75. The van der Waals surface area contributed by atoms with Crippen LogP contribution in [0.25, 0.3) is 0 Å². The maximum absolute atomic E-state index is 12.2. The number of aliphatic hydroxyl groups is 1. The monoisotopic (exact) mass is 290 g/mol. The largest absolute Gasteiger partial charge is 0.402 e. The normalized spacial score (nSPS) is 23.6. The molecule has 1 fully saturated rings. The molecular formula is C9H17F3N2O3S. The van der Waals surface area contributed by atoms with Gasteiger partial charge in [0, 0.05) is 19.6 Å². The highest BCUT2D eigenvalue weighted by Crippen LogP contribution is 2.24. The molecule has 0 saturated carbocycles. The van der Waals surface area contributed by atoms with Gasteiger partial charge in [-0.1, -0.05) is 6.42 Å². The molecule has 0 spiro atoms. The summed E-state index contributed by atoms with van der Waals surface area (Å²) in [5.74, 6) is 0. The molecule has 1 rings (SSSR count). The first-order valence-electron chi connectivity index (χ1n) is 5.59. The molecule has 1 atom stereocenters. The zero-order chi connectivity index (χ0) is 14.0. The summed E-state index contributed by atoms with van der Waals surface area (Å²) in [6, 6.07) is -0.626. The van der Waals surface area contributed by atoms with Crippen molar-refractivity contribution < 1.29 is 26.7 Å². The van der Waals surface area contributed by atoms with Gasteiger partial charge in [-0.25, -0.2) is 0 Å². The van der Waals surface area contributed by atoms with Crippen LogP contribution in [-0.4, -0.2) is 61.1 Å². The van der Waals surface area contributed by atoms with E-state index >= 15 is 0 Å². The summed E-state index contributed by atoms with van der Waals surface area (Å²) in [5, 5.41) is 9.09. The molecular weight excluding hydrogens is 273 g/mol. The van der Waals surface area contributed by atoms with Crippen LogP contribution in [0.15, 0.2) is 0 Å². The molecule has 0 aromatic carbocycles. The van der Waals surface area contributed by atoms with Crippen molar-refractivity contribution in [3.8, 4) is 0 Å². The summed E-state index contributed by atoms with van der Waals surface area (Å²) in [6.07, 6.45) is -2.75. The Morgan fingerprint density at radius 1 is 1.39 bits per heavy atom. The second-order valence-corrected chi connectivity index (χ2v) is 6.31. The van der Waals surface area contributed by atoms with E-state index in [-0.39, 0.29) is 17.5 Å². The molecule has 0 aliphatic carbocycles. The first-order valence-corrected chi connectivity index (χ1v) is 6.99. The van der Waals surface area contributed by atoms with Crippen molar-refractivity contribution in [2.75, 3.05) is 26.7 Å². The van der Waals surface area contributed by atoms with Crippen LogP contribution in [0.1, 0.15) is 19.3 Å². The lowest BCUT2D eigenvalue weighted by atomic mass is 10.1. The molecule has 1 aliphatic rings. The number of hydrogen-bond donors (Lipinski definition) is 1. The molecule has 0 bridgehead atoms. The first-order chi connectivity index (χ1) is 8.18. The van der Waals surface area contributed by atoms with Gasteiger partial charge in [-0.2, -0.15) is 30.2 Å². The molecule has 1 aliphatic heterocycles. The van der Waals surface area contributed by atoms with Crippen LogP contribution < -0.4 is 0 Å². The second-order valence-electron chi connectivity index (χ2n) is 4.32. The predicted molar refractivity (Wildman–Crippen MR) is 59.0 cm³/mol. The zero-order valence-corrected chi connectivity index (χ0v) is 10.8. The number of aliphatic hydroxyl groups excluding tert-OH is 1. The van der Waals surface area contributed by atoms with Gasteiger partial charge in [0.25, 0.3) is 10.2 Å². The minimum absolute atomic E-state index is 0.149. The molecule has 1 saturated heterocycles. The average molecular weight is 290 g/mol. The van der Waals surface area contributed by atoms with Crippen LogP contribution >= 0.6 is 0 Å². The molecule has 9 heteroatoms. The van der Waals surface area contributed by atoms with Crippen molar-refractivity contribution in [2.45, 2.75) is 31.5 Å². The highest BCUT2D eigenvalue weighted by atomic mass is 32.2. The van der Waals surface area contributed by atoms with Crippen molar-refractivity contribution in [1.82, 2.24) is 8.61 Å². The molecule has 18 heavy (non-hydrogen) atoms. The summed E-state index contributed by atoms with van der Waals surface area (Å²) in [7, 11) is -3.28. The van der Waals surface area contributed by atoms with E-state index < -0.39 is 29.0 Å². The van der Waals surface area contributed by atoms with Gasteiger partial charge in [0.2, 0.25) is 0 Å². The molecule has 5 nitrogen and oxygen atoms in total. The fourth-order valence-corrected chi connectivity index (χ4v) is 3.55. The van der Waals surface area contributed by atoms with Crippen molar-refractivity contribution in [3.05, 3.63) is 0 Å². The number of alkyl halides is 3. The van der Waals surface area contributed by atoms with Gasteiger partial charge in [0.05, 0.1) is 6.61 Å². The Balaban J connectivity index is 2.84. The lowest BCUT2D eigenvalue weighted by molar-refractivity contribution is -0.134. The Bertz CT molecular complexity index is 372. The van der Waals surface area contributed by atoms with Gasteiger partial charge in [0.1, 0.15) is 6.54 Å². The van der Waals surface area contributed by atoms with Gasteiger partial charge in [-0.3, -0.25) is 0 Å². The van der Waals surface area contributed by atoms with Crippen molar-refractivity contribution in [1.29, 1.82) is 0 Å². The third-order valence-corrected chi connectivity index (χ3v) is 4.87. The van der Waals surface area contributed by atoms with Gasteiger partial charge >= 0.3 is 6.18 Å². The Hall–Kier alpha value is -0.380. The molecule has 0 radical (unpaired) electrons. The minimum atomic E-state index is -4.58. The Morgan fingerprint density at radius 3 is 2.50 bits per heavy atom. The smallest absolute Gasteiger partial charge is 0.395 e. The third-order valence-electron chi connectivity index (χ3n) is 2.88. The molecule has 0 aromatic heterocycles. The van der Waals surface area contributed by atoms with Crippen LogP contribution in [0.4, 0.5) is 13.2 Å². The highest BCUT2D eigenvalue weighted by Gasteiger charge is 2.39. The number of hydrogen-bond acceptors (Lipinski definition) is 3. The summed E-state index contributed by atoms with van der Waals surface area (Å²) >= 11 is 0. The minimum Gasteiger partial charge on any atom is -0.395 e. The van der Waals surface area contributed by atoms with E-state index in [0.29, 0.717) is 12.8 Å². The fraction of sp³-hybridized carbons (Fsp3) is 1.00. The van der Waals surface area contributed by atoms with E-state index in [1.807, 2.05) is 0 Å². The molecule has 1 N–H and O–H groups in total. The molecule has 1 heterocycles. The SMILES string of the molecule is CN(CC(F)(F)F)S(=O)(=O)N1CCCCC1CO. The van der Waals surface area contributed by atoms with E-state index in [2.05, 4.69) is 0 Å². The molecule has 0 aromatic rings. The van der Waals surface area contributed by atoms with E-state index in [4.69, 9.17) is 5.11 Å². The van der Waals surface area contributed by atoms with Gasteiger partial charge in [-0.15, -0.1) is 0 Å². The number of rotatable bonds is 4. The number of piperidine rings is 1. The van der Waals surface area contributed by atoms with Crippen LogP contribution in [0.3, 0.4) is 0 Å². The van der Waals surface area contributed by atoms with Gasteiger partial charge in [0.15, 0.2) is 0 Å². The van der Waals surface area contributed by atoms with E-state index in [9.17, 15) is 21.6 Å². The maximum atomic E-state index is 12.2. The fourth-order valence-electron chi connectivity index (χ4n) is 1.97. The van der Waals surface area contributed by atoms with Crippen LogP contribution in [0, 0.1) is 0 Å². The van der Waals surface area contributed by atoms with Crippen LogP contribution in [-0.2, 0) is 10.2 Å². The quantitative estimate of drug-likeness (QED) is 0.823. The number of halogens is 3. The zero-order valence-electron chi connectivity index (χ0n) is 10.0. The van der Waals surface area contributed by atoms with E-state index in [1.54, 1.807) is 0 Å². The molecule has 108 valence electrons. The van der Waals surface area contributed by atoms with Gasteiger partial charge in [-0.05, 0) is 12.8 Å². The lowest BCUT2D eigenvalue weighted by Gasteiger charge is -2.36. The second kappa shape index (κ2) is 5.72. The van der Waals surface area contributed by atoms with Gasteiger partial charge < -0.3 is 5.11 Å². The lowest BCUT2D eigenvalue weighted by Crippen LogP contribution is -2.52. The van der Waals surface area contributed by atoms with Crippen LogP contribution in [0.2, 0.25) is 0 Å². The predicted octanol–water partition coefficient (Wildman–Crippen LogP) is 0.572. The Kier molecular flexibility index (Phi) is 4.98. The van der Waals surface area contributed by atoms with E-state index in [1.165, 1.54) is 0 Å². The number of nitrogens with zero attached hydrogens (tertiary/aromatic N) is 2. The van der Waals surface area contributed by atoms with Crippen molar-refractivity contribution >= 4 is 10.2 Å².